The Balaban J connectivity index is 2.26. The molecule has 1 aromatic rings. The maximum absolute atomic E-state index is 11.9. The predicted molar refractivity (Wildman–Crippen MR) is 78.1 cm³/mol. The molecule has 2 rings (SSSR count). The van der Waals surface area contributed by atoms with Crippen LogP contribution in [0.1, 0.15) is 37.5 Å². The van der Waals surface area contributed by atoms with E-state index >= 15 is 0 Å². The Morgan fingerprint density at radius 2 is 2.20 bits per heavy atom. The van der Waals surface area contributed by atoms with Crippen molar-refractivity contribution in [3.05, 3.63) is 34.3 Å². The summed E-state index contributed by atoms with van der Waals surface area (Å²) in [7, 11) is 1.63. The lowest BCUT2D eigenvalue weighted by molar-refractivity contribution is -0.0335. The number of fused-ring (bicyclic) bond motifs is 1. The van der Waals surface area contributed by atoms with Crippen LogP contribution >= 0.6 is 11.6 Å². The molecule has 0 bridgehead atoms. The third-order valence-electron chi connectivity index (χ3n) is 3.41. The highest BCUT2D eigenvalue weighted by Gasteiger charge is 2.34. The zero-order valence-electron chi connectivity index (χ0n) is 12.0. The average Bonchev–Trinajstić information content (AvgIpc) is 2.38. The second-order valence-electron chi connectivity index (χ2n) is 5.25. The zero-order valence-corrected chi connectivity index (χ0v) is 12.7. The van der Waals surface area contributed by atoms with E-state index in [0.29, 0.717) is 5.02 Å². The fourth-order valence-electron chi connectivity index (χ4n) is 2.51. The van der Waals surface area contributed by atoms with E-state index in [1.807, 2.05) is 32.0 Å². The van der Waals surface area contributed by atoms with E-state index in [9.17, 15) is 4.79 Å². The van der Waals surface area contributed by atoms with Gasteiger partial charge in [-0.25, -0.2) is 4.79 Å². The van der Waals surface area contributed by atoms with Crippen LogP contribution in [0.25, 0.3) is 0 Å². The largest absolute Gasteiger partial charge is 0.438 e. The molecule has 2 atom stereocenters. The van der Waals surface area contributed by atoms with Gasteiger partial charge in [-0.1, -0.05) is 23.7 Å². The van der Waals surface area contributed by atoms with Crippen molar-refractivity contribution in [2.75, 3.05) is 7.11 Å². The number of methoxy groups -OCH3 is 1. The first-order valence-electron chi connectivity index (χ1n) is 6.80. The molecule has 0 spiro atoms. The molecule has 1 aliphatic carbocycles. The number of halogens is 1. The molecule has 0 saturated heterocycles. The van der Waals surface area contributed by atoms with Crippen LogP contribution in [0.3, 0.4) is 0 Å². The van der Waals surface area contributed by atoms with Crippen molar-refractivity contribution in [3.8, 4) is 0 Å². The Hall–Kier alpha value is -1.26. The van der Waals surface area contributed by atoms with Crippen LogP contribution in [0.2, 0.25) is 5.02 Å². The molecule has 0 unspecified atom stereocenters. The summed E-state index contributed by atoms with van der Waals surface area (Å²) in [6, 6.07) is 5.77. The van der Waals surface area contributed by atoms with Gasteiger partial charge in [0.15, 0.2) is 6.10 Å². The number of nitrogens with one attached hydrogen (secondary N) is 1. The molecular formula is C15H20ClNO3. The Morgan fingerprint density at radius 3 is 2.85 bits per heavy atom. The van der Waals surface area contributed by atoms with E-state index in [0.717, 1.165) is 24.0 Å². The minimum Gasteiger partial charge on any atom is -0.438 e. The number of rotatable bonds is 3. The second-order valence-corrected chi connectivity index (χ2v) is 5.66. The van der Waals surface area contributed by atoms with Crippen LogP contribution in [-0.2, 0) is 15.9 Å². The molecule has 0 heterocycles. The molecule has 0 aromatic heterocycles. The van der Waals surface area contributed by atoms with Gasteiger partial charge in [-0.2, -0.15) is 0 Å². The van der Waals surface area contributed by atoms with E-state index in [4.69, 9.17) is 21.1 Å². The number of carbonyl (C=O) groups is 1. The molecule has 1 N–H and O–H groups in total. The van der Waals surface area contributed by atoms with Crippen LogP contribution in [0, 0.1) is 0 Å². The summed E-state index contributed by atoms with van der Waals surface area (Å²) in [5.41, 5.74) is 1.99. The molecule has 1 aliphatic rings. The number of amides is 1. The van der Waals surface area contributed by atoms with E-state index < -0.39 is 12.2 Å². The molecule has 0 fully saturated rings. The van der Waals surface area contributed by atoms with Gasteiger partial charge in [0.05, 0.1) is 6.10 Å². The Kier molecular flexibility index (Phi) is 4.89. The number of hydrogen-bond acceptors (Lipinski definition) is 3. The highest BCUT2D eigenvalue weighted by molar-refractivity contribution is 6.31. The fourth-order valence-corrected chi connectivity index (χ4v) is 2.82. The Bertz CT molecular complexity index is 490. The molecule has 0 aliphatic heterocycles. The van der Waals surface area contributed by atoms with Crippen molar-refractivity contribution < 1.29 is 14.3 Å². The van der Waals surface area contributed by atoms with Gasteiger partial charge in [0, 0.05) is 23.7 Å². The van der Waals surface area contributed by atoms with Crippen LogP contribution in [0.5, 0.6) is 0 Å². The summed E-state index contributed by atoms with van der Waals surface area (Å²) < 4.78 is 11.0. The van der Waals surface area contributed by atoms with Crippen LogP contribution < -0.4 is 5.32 Å². The molecular weight excluding hydrogens is 278 g/mol. The van der Waals surface area contributed by atoms with Gasteiger partial charge < -0.3 is 14.8 Å². The molecule has 1 amide bonds. The number of hydrogen-bond donors (Lipinski definition) is 1. The van der Waals surface area contributed by atoms with Crippen LogP contribution in [-0.4, -0.2) is 25.3 Å². The molecule has 0 radical (unpaired) electrons. The normalized spacial score (nSPS) is 21.4. The van der Waals surface area contributed by atoms with E-state index in [2.05, 4.69) is 5.32 Å². The number of aryl methyl sites for hydroxylation is 1. The fraction of sp³-hybridized carbons (Fsp3) is 0.533. The summed E-state index contributed by atoms with van der Waals surface area (Å²) >= 11 is 6.28. The zero-order chi connectivity index (χ0) is 14.7. The first-order valence-corrected chi connectivity index (χ1v) is 7.18. The quantitative estimate of drug-likeness (QED) is 0.929. The van der Waals surface area contributed by atoms with Crippen LogP contribution in [0.15, 0.2) is 18.2 Å². The third kappa shape index (κ3) is 3.25. The van der Waals surface area contributed by atoms with Gasteiger partial charge in [-0.05, 0) is 38.3 Å². The molecule has 4 nitrogen and oxygen atoms in total. The van der Waals surface area contributed by atoms with Gasteiger partial charge in [0.2, 0.25) is 0 Å². The van der Waals surface area contributed by atoms with Crippen molar-refractivity contribution >= 4 is 17.7 Å². The highest BCUT2D eigenvalue weighted by atomic mass is 35.5. The highest BCUT2D eigenvalue weighted by Crippen LogP contribution is 2.38. The van der Waals surface area contributed by atoms with Gasteiger partial charge in [-0.15, -0.1) is 0 Å². The first kappa shape index (κ1) is 15.1. The predicted octanol–water partition coefficient (Wildman–Crippen LogP) is 3.48. The molecule has 110 valence electrons. The van der Waals surface area contributed by atoms with Gasteiger partial charge in [0.1, 0.15) is 0 Å². The minimum absolute atomic E-state index is 0.0257. The standard InChI is InChI=1S/C15H20ClNO3/c1-9(2)17-15(18)20-14-12(19-3)8-7-10-5-4-6-11(16)13(10)14/h4-6,9,12,14H,7-8H2,1-3H3,(H,17,18)/t12-,14-/m1/s1. The summed E-state index contributed by atoms with van der Waals surface area (Å²) in [4.78, 5) is 11.9. The van der Waals surface area contributed by atoms with E-state index in [1.165, 1.54) is 0 Å². The van der Waals surface area contributed by atoms with Crippen molar-refractivity contribution in [2.24, 2.45) is 0 Å². The second kappa shape index (κ2) is 6.46. The van der Waals surface area contributed by atoms with Gasteiger partial charge in [0.25, 0.3) is 0 Å². The Labute approximate surface area is 124 Å². The molecule has 5 heteroatoms. The lowest BCUT2D eigenvalue weighted by Gasteiger charge is -2.33. The topological polar surface area (TPSA) is 47.6 Å². The average molecular weight is 298 g/mol. The summed E-state index contributed by atoms with van der Waals surface area (Å²) in [5, 5.41) is 3.34. The lowest BCUT2D eigenvalue weighted by Crippen LogP contribution is -2.37. The SMILES string of the molecule is CO[C@@H]1CCc2cccc(Cl)c2[C@@H]1OC(=O)NC(C)C. The molecule has 20 heavy (non-hydrogen) atoms. The van der Waals surface area contributed by atoms with Gasteiger partial charge >= 0.3 is 6.09 Å². The molecule has 1 aromatic carbocycles. The summed E-state index contributed by atoms with van der Waals surface area (Å²) in [6.45, 7) is 3.77. The van der Waals surface area contributed by atoms with Crippen molar-refractivity contribution in [2.45, 2.75) is 44.9 Å². The van der Waals surface area contributed by atoms with Gasteiger partial charge in [-0.3, -0.25) is 0 Å². The monoisotopic (exact) mass is 297 g/mol. The first-order chi connectivity index (χ1) is 9.52. The van der Waals surface area contributed by atoms with Crippen molar-refractivity contribution in [3.63, 3.8) is 0 Å². The maximum Gasteiger partial charge on any atom is 0.408 e. The van der Waals surface area contributed by atoms with E-state index in [1.54, 1.807) is 7.11 Å². The number of ether oxygens (including phenoxy) is 2. The Morgan fingerprint density at radius 1 is 1.45 bits per heavy atom. The number of benzene rings is 1. The van der Waals surface area contributed by atoms with Crippen molar-refractivity contribution in [1.82, 2.24) is 5.32 Å². The van der Waals surface area contributed by atoms with E-state index in [-0.39, 0.29) is 12.1 Å². The number of alkyl carbamates (subject to hydrolysis) is 1. The third-order valence-corrected chi connectivity index (χ3v) is 3.74. The van der Waals surface area contributed by atoms with Crippen LogP contribution in [0.4, 0.5) is 4.79 Å². The van der Waals surface area contributed by atoms with Crippen molar-refractivity contribution in [1.29, 1.82) is 0 Å². The maximum atomic E-state index is 11.9. The minimum atomic E-state index is -0.462. The number of carbonyl (C=O) groups excluding carboxylic acids is 1. The molecule has 0 saturated carbocycles. The summed E-state index contributed by atoms with van der Waals surface area (Å²) in [5.74, 6) is 0. The lowest BCUT2D eigenvalue weighted by atomic mass is 9.87. The smallest absolute Gasteiger partial charge is 0.408 e. The summed E-state index contributed by atoms with van der Waals surface area (Å²) in [6.07, 6.45) is 0.611.